The van der Waals surface area contributed by atoms with Gasteiger partial charge in [-0.05, 0) is 34.8 Å². The second-order valence-corrected chi connectivity index (χ2v) is 17.1. The third-order valence-corrected chi connectivity index (χ3v) is 12.8. The second-order valence-electron chi connectivity index (χ2n) is 12.3. The van der Waals surface area contributed by atoms with Crippen LogP contribution in [0.4, 0.5) is 0 Å². The van der Waals surface area contributed by atoms with Crippen LogP contribution < -0.4 is 0 Å². The predicted octanol–water partition coefficient (Wildman–Crippen LogP) is 6.32. The summed E-state index contributed by atoms with van der Waals surface area (Å²) in [6, 6.07) is 29.3. The number of ether oxygens (including phenoxy) is 3. The molecule has 41 heavy (non-hydrogen) atoms. The molecule has 0 amide bonds. The highest BCUT2D eigenvalue weighted by Gasteiger charge is 2.52. The molecule has 0 bridgehead atoms. The van der Waals surface area contributed by atoms with Gasteiger partial charge < -0.3 is 23.7 Å². The summed E-state index contributed by atoms with van der Waals surface area (Å²) in [5.74, 6) is -0.887. The number of carbonyl (C=O) groups is 1. The quantitative estimate of drug-likeness (QED) is 0.254. The Morgan fingerprint density at radius 3 is 1.54 bits per heavy atom. The molecular formula is C34H44O6Si. The Morgan fingerprint density at radius 2 is 1.10 bits per heavy atom. The van der Waals surface area contributed by atoms with Crippen molar-refractivity contribution in [2.24, 2.45) is 5.92 Å². The van der Waals surface area contributed by atoms with Crippen LogP contribution in [0.2, 0.25) is 18.1 Å². The molecule has 7 heteroatoms. The molecule has 3 aromatic carbocycles. The largest absolute Gasteiger partial charge is 0.416 e. The van der Waals surface area contributed by atoms with E-state index >= 15 is 0 Å². The lowest BCUT2D eigenvalue weighted by atomic mass is 9.79. The lowest BCUT2D eigenvalue weighted by Gasteiger charge is -2.45. The van der Waals surface area contributed by atoms with E-state index in [2.05, 4.69) is 33.9 Å². The van der Waals surface area contributed by atoms with Crippen molar-refractivity contribution in [3.8, 4) is 0 Å². The van der Waals surface area contributed by atoms with E-state index in [4.69, 9.17) is 18.6 Å². The summed E-state index contributed by atoms with van der Waals surface area (Å²) in [5.41, 5.74) is 2.86. The van der Waals surface area contributed by atoms with E-state index < -0.39 is 38.7 Å². The molecule has 1 N–H and O–H groups in total. The highest BCUT2D eigenvalue weighted by Crippen LogP contribution is 2.38. The highest BCUT2D eigenvalue weighted by atomic mass is 28.4. The van der Waals surface area contributed by atoms with E-state index in [-0.39, 0.29) is 37.2 Å². The predicted molar refractivity (Wildman–Crippen MR) is 163 cm³/mol. The Kier molecular flexibility index (Phi) is 10.7. The van der Waals surface area contributed by atoms with Crippen LogP contribution in [-0.4, -0.2) is 50.2 Å². The molecule has 0 heterocycles. The summed E-state index contributed by atoms with van der Waals surface area (Å²) in [7, 11) is -2.19. The van der Waals surface area contributed by atoms with Crippen molar-refractivity contribution in [2.45, 2.75) is 83.1 Å². The number of benzene rings is 3. The van der Waals surface area contributed by atoms with Gasteiger partial charge in [0.1, 0.15) is 18.3 Å². The molecule has 0 saturated heterocycles. The van der Waals surface area contributed by atoms with Crippen LogP contribution in [0.25, 0.3) is 0 Å². The zero-order valence-corrected chi connectivity index (χ0v) is 25.9. The molecule has 4 rings (SSSR count). The van der Waals surface area contributed by atoms with Crippen LogP contribution >= 0.6 is 0 Å². The van der Waals surface area contributed by atoms with Gasteiger partial charge in [-0.15, -0.1) is 0 Å². The lowest BCUT2D eigenvalue weighted by Crippen LogP contribution is -2.62. The van der Waals surface area contributed by atoms with Crippen LogP contribution in [0.3, 0.4) is 0 Å². The fraction of sp³-hybridized carbons (Fsp3) is 0.441. The molecule has 1 aliphatic carbocycles. The molecule has 3 aromatic rings. The van der Waals surface area contributed by atoms with Crippen molar-refractivity contribution in [1.29, 1.82) is 0 Å². The van der Waals surface area contributed by atoms with E-state index in [0.29, 0.717) is 0 Å². The maximum atomic E-state index is 14.1. The number of rotatable bonds is 12. The van der Waals surface area contributed by atoms with Gasteiger partial charge in [0, 0.05) is 6.61 Å². The summed E-state index contributed by atoms with van der Waals surface area (Å²) in [5, 5.41) is 11.6. The minimum absolute atomic E-state index is 0.0307. The third-order valence-electron chi connectivity index (χ3n) is 8.29. The van der Waals surface area contributed by atoms with E-state index in [1.54, 1.807) is 0 Å². The zero-order chi connectivity index (χ0) is 29.5. The van der Waals surface area contributed by atoms with Crippen molar-refractivity contribution in [3.63, 3.8) is 0 Å². The number of aliphatic hydroxyl groups is 1. The monoisotopic (exact) mass is 576 g/mol. The number of carbonyl (C=O) groups excluding carboxylic acids is 1. The smallest absolute Gasteiger partial charge is 0.192 e. The Morgan fingerprint density at radius 1 is 0.683 bits per heavy atom. The van der Waals surface area contributed by atoms with Gasteiger partial charge in [0.15, 0.2) is 14.1 Å². The Labute approximate surface area is 245 Å². The molecular weight excluding hydrogens is 532 g/mol. The average molecular weight is 577 g/mol. The fourth-order valence-corrected chi connectivity index (χ4v) is 5.74. The molecule has 6 nitrogen and oxygen atoms in total. The molecule has 1 fully saturated rings. The zero-order valence-electron chi connectivity index (χ0n) is 24.9. The summed E-state index contributed by atoms with van der Waals surface area (Å²) in [4.78, 5) is 14.1. The first kappa shape index (κ1) is 31.3. The molecule has 1 aliphatic rings. The lowest BCUT2D eigenvalue weighted by molar-refractivity contribution is -0.212. The standard InChI is InChI=1S/C34H44O6Si/c1-34(2,3)41(4,5)40-24-28-29(35)32(38-22-26-17-11-7-12-18-26)30(36)33(39-23-27-19-13-8-14-20-27)31(28)37-21-25-15-9-6-10-16-25/h6-20,28,30-33,36H,21-24H2,1-5H3/t28-,30+,31+,32+,33+/m0/s1. The summed E-state index contributed by atoms with van der Waals surface area (Å²) < 4.78 is 25.6. The van der Waals surface area contributed by atoms with E-state index in [1.165, 1.54) is 0 Å². The molecule has 0 radical (unpaired) electrons. The van der Waals surface area contributed by atoms with E-state index in [1.807, 2.05) is 91.0 Å². The molecule has 0 unspecified atom stereocenters. The third kappa shape index (κ3) is 8.22. The van der Waals surface area contributed by atoms with Gasteiger partial charge in [0.25, 0.3) is 0 Å². The normalized spacial score (nSPS) is 23.5. The summed E-state index contributed by atoms with van der Waals surface area (Å²) in [6.45, 7) is 11.8. The number of hydrogen-bond donors (Lipinski definition) is 1. The second kappa shape index (κ2) is 14.0. The molecule has 0 aromatic heterocycles. The van der Waals surface area contributed by atoms with E-state index in [9.17, 15) is 9.90 Å². The SMILES string of the molecule is CC(C)(C)[Si](C)(C)OC[C@H]1C(=O)[C@@H](OCc2ccccc2)[C@@H](O)[C@@H](OCc2ccccc2)[C@@H]1OCc1ccccc1. The van der Waals surface area contributed by atoms with Gasteiger partial charge in [-0.3, -0.25) is 4.79 Å². The minimum Gasteiger partial charge on any atom is -0.416 e. The van der Waals surface area contributed by atoms with Gasteiger partial charge in [0.2, 0.25) is 0 Å². The number of aliphatic hydroxyl groups excluding tert-OH is 1. The van der Waals surface area contributed by atoms with Gasteiger partial charge in [-0.25, -0.2) is 0 Å². The van der Waals surface area contributed by atoms with Crippen molar-refractivity contribution in [3.05, 3.63) is 108 Å². The summed E-state index contributed by atoms with van der Waals surface area (Å²) >= 11 is 0. The van der Waals surface area contributed by atoms with Crippen LogP contribution in [0, 0.1) is 5.92 Å². The first-order chi connectivity index (χ1) is 19.6. The fourth-order valence-electron chi connectivity index (χ4n) is 4.71. The molecule has 5 atom stereocenters. The Bertz CT molecular complexity index is 1210. The molecule has 0 spiro atoms. The first-order valence-corrected chi connectivity index (χ1v) is 17.3. The van der Waals surface area contributed by atoms with Gasteiger partial charge >= 0.3 is 0 Å². The average Bonchev–Trinajstić information content (AvgIpc) is 2.96. The topological polar surface area (TPSA) is 74.2 Å². The van der Waals surface area contributed by atoms with Crippen molar-refractivity contribution >= 4 is 14.1 Å². The minimum atomic E-state index is -2.19. The van der Waals surface area contributed by atoms with Crippen LogP contribution in [-0.2, 0) is 43.3 Å². The van der Waals surface area contributed by atoms with Crippen LogP contribution in [0.1, 0.15) is 37.5 Å². The Balaban J connectivity index is 1.63. The highest BCUT2D eigenvalue weighted by molar-refractivity contribution is 6.74. The van der Waals surface area contributed by atoms with Crippen molar-refractivity contribution < 1.29 is 28.5 Å². The van der Waals surface area contributed by atoms with Gasteiger partial charge in [-0.1, -0.05) is 112 Å². The Hall–Kier alpha value is -2.65. The number of ketones is 1. The maximum absolute atomic E-state index is 14.1. The van der Waals surface area contributed by atoms with Crippen molar-refractivity contribution in [1.82, 2.24) is 0 Å². The molecule has 1 saturated carbocycles. The summed E-state index contributed by atoms with van der Waals surface area (Å²) in [6.07, 6.45) is -3.80. The number of Topliss-reactive ketones (excluding diaryl/α,β-unsaturated/α-hetero) is 1. The van der Waals surface area contributed by atoms with Crippen LogP contribution in [0.5, 0.6) is 0 Å². The van der Waals surface area contributed by atoms with Crippen LogP contribution in [0.15, 0.2) is 91.0 Å². The number of hydrogen-bond acceptors (Lipinski definition) is 6. The van der Waals surface area contributed by atoms with Crippen molar-refractivity contribution in [2.75, 3.05) is 6.61 Å². The van der Waals surface area contributed by atoms with Gasteiger partial charge in [-0.2, -0.15) is 0 Å². The maximum Gasteiger partial charge on any atom is 0.192 e. The molecule has 0 aliphatic heterocycles. The van der Waals surface area contributed by atoms with Gasteiger partial charge in [0.05, 0.1) is 31.8 Å². The van der Waals surface area contributed by atoms with E-state index in [0.717, 1.165) is 16.7 Å². The first-order valence-electron chi connectivity index (χ1n) is 14.4. The molecule has 220 valence electrons.